The fraction of sp³-hybridized carbons (Fsp3) is 0.923. The Hall–Kier alpha value is -0.610. The molecule has 0 aromatic carbocycles. The summed E-state index contributed by atoms with van der Waals surface area (Å²) in [7, 11) is 0. The Morgan fingerprint density at radius 1 is 1.29 bits per heavy atom. The Balaban J connectivity index is 3.58. The first-order chi connectivity index (χ1) is 7.90. The Morgan fingerprint density at radius 2 is 1.94 bits per heavy atom. The molecular weight excluding hydrogens is 216 g/mol. The average molecular weight is 244 g/mol. The number of amides is 1. The summed E-state index contributed by atoms with van der Waals surface area (Å²) >= 11 is 0. The monoisotopic (exact) mass is 244 g/mol. The van der Waals surface area contributed by atoms with E-state index in [2.05, 4.69) is 24.5 Å². The molecule has 17 heavy (non-hydrogen) atoms. The van der Waals surface area contributed by atoms with Gasteiger partial charge in [-0.3, -0.25) is 4.79 Å². The van der Waals surface area contributed by atoms with E-state index in [4.69, 9.17) is 4.74 Å². The number of hydrogen-bond acceptors (Lipinski definition) is 3. The summed E-state index contributed by atoms with van der Waals surface area (Å²) in [5.74, 6) is 0.684. The molecule has 0 unspecified atom stereocenters. The topological polar surface area (TPSA) is 50.4 Å². The zero-order valence-corrected chi connectivity index (χ0v) is 11.9. The van der Waals surface area contributed by atoms with E-state index in [0.717, 1.165) is 19.6 Å². The normalized spacial score (nSPS) is 11.9. The Kier molecular flexibility index (Phi) is 8.17. The van der Waals surface area contributed by atoms with Crippen LogP contribution in [0.15, 0.2) is 0 Å². The van der Waals surface area contributed by atoms with Gasteiger partial charge in [-0.1, -0.05) is 20.8 Å². The first-order valence-corrected chi connectivity index (χ1v) is 6.51. The van der Waals surface area contributed by atoms with Crippen molar-refractivity contribution in [2.24, 2.45) is 5.92 Å². The van der Waals surface area contributed by atoms with Gasteiger partial charge in [-0.2, -0.15) is 0 Å². The zero-order chi connectivity index (χ0) is 13.3. The molecule has 0 rings (SSSR count). The number of carbonyl (C=O) groups excluding carboxylic acids is 1. The summed E-state index contributed by atoms with van der Waals surface area (Å²) in [6.45, 7) is 12.8. The molecule has 102 valence electrons. The highest BCUT2D eigenvalue weighted by atomic mass is 16.5. The molecule has 0 bridgehead atoms. The Labute approximate surface area is 105 Å². The highest BCUT2D eigenvalue weighted by Crippen LogP contribution is 2.01. The third-order valence-electron chi connectivity index (χ3n) is 2.56. The lowest BCUT2D eigenvalue weighted by molar-refractivity contribution is -0.126. The minimum Gasteiger partial charge on any atom is -0.380 e. The summed E-state index contributed by atoms with van der Waals surface area (Å²) in [6.07, 6.45) is 1.07. The molecule has 0 aliphatic heterocycles. The maximum Gasteiger partial charge on any atom is 0.239 e. The van der Waals surface area contributed by atoms with Gasteiger partial charge in [0, 0.05) is 13.2 Å². The molecule has 0 aliphatic rings. The fourth-order valence-electron chi connectivity index (χ4n) is 1.40. The minimum absolute atomic E-state index is 0.0202. The molecule has 4 heteroatoms. The molecule has 0 heterocycles. The molecule has 0 fully saturated rings. The summed E-state index contributed by atoms with van der Waals surface area (Å²) in [6, 6.07) is 0. The van der Waals surface area contributed by atoms with Crippen molar-refractivity contribution in [1.82, 2.24) is 10.6 Å². The predicted molar refractivity (Wildman–Crippen MR) is 71.0 cm³/mol. The smallest absolute Gasteiger partial charge is 0.239 e. The van der Waals surface area contributed by atoms with Crippen molar-refractivity contribution in [3.63, 3.8) is 0 Å². The van der Waals surface area contributed by atoms with E-state index in [1.165, 1.54) is 0 Å². The van der Waals surface area contributed by atoms with Crippen LogP contribution in [-0.4, -0.2) is 37.7 Å². The second-order valence-corrected chi connectivity index (χ2v) is 5.21. The van der Waals surface area contributed by atoms with Crippen molar-refractivity contribution >= 4 is 5.91 Å². The largest absolute Gasteiger partial charge is 0.380 e. The van der Waals surface area contributed by atoms with Crippen molar-refractivity contribution < 1.29 is 9.53 Å². The van der Waals surface area contributed by atoms with Gasteiger partial charge in [-0.25, -0.2) is 0 Å². The molecule has 0 saturated heterocycles. The number of carbonyl (C=O) groups is 1. The number of ether oxygens (including phenoxy) is 1. The van der Waals surface area contributed by atoms with Crippen LogP contribution < -0.4 is 10.6 Å². The van der Waals surface area contributed by atoms with E-state index in [0.29, 0.717) is 19.1 Å². The predicted octanol–water partition coefficient (Wildman–Crippen LogP) is 1.55. The van der Waals surface area contributed by atoms with Crippen LogP contribution in [0.5, 0.6) is 0 Å². The van der Waals surface area contributed by atoms with Gasteiger partial charge < -0.3 is 15.4 Å². The maximum atomic E-state index is 11.8. The molecule has 0 atom stereocenters. The highest BCUT2D eigenvalue weighted by molar-refractivity contribution is 5.85. The van der Waals surface area contributed by atoms with Gasteiger partial charge in [-0.15, -0.1) is 0 Å². The molecule has 2 N–H and O–H groups in total. The molecule has 0 spiro atoms. The lowest BCUT2D eigenvalue weighted by Gasteiger charge is -2.24. The molecule has 1 amide bonds. The molecule has 4 nitrogen and oxygen atoms in total. The van der Waals surface area contributed by atoms with Gasteiger partial charge >= 0.3 is 0 Å². The van der Waals surface area contributed by atoms with Crippen molar-refractivity contribution in [1.29, 1.82) is 0 Å². The third-order valence-corrected chi connectivity index (χ3v) is 2.56. The summed E-state index contributed by atoms with van der Waals surface area (Å²) < 4.78 is 5.43. The molecular formula is C13H28N2O2. The van der Waals surface area contributed by atoms with Crippen molar-refractivity contribution in [3.8, 4) is 0 Å². The van der Waals surface area contributed by atoms with Crippen LogP contribution in [-0.2, 0) is 9.53 Å². The molecule has 0 radical (unpaired) electrons. The van der Waals surface area contributed by atoms with E-state index in [1.54, 1.807) is 0 Å². The third kappa shape index (κ3) is 8.16. The summed E-state index contributed by atoms with van der Waals surface area (Å²) in [4.78, 5) is 11.8. The van der Waals surface area contributed by atoms with Gasteiger partial charge in [0.05, 0.1) is 12.1 Å². The quantitative estimate of drug-likeness (QED) is 0.605. The first-order valence-electron chi connectivity index (χ1n) is 6.51. The van der Waals surface area contributed by atoms with Gasteiger partial charge in [0.1, 0.15) is 0 Å². The Morgan fingerprint density at radius 3 is 2.47 bits per heavy atom. The minimum atomic E-state index is -0.507. The van der Waals surface area contributed by atoms with Gasteiger partial charge in [0.15, 0.2) is 0 Å². The lowest BCUT2D eigenvalue weighted by atomic mass is 10.1. The number of nitrogens with one attached hydrogen (secondary N) is 2. The van der Waals surface area contributed by atoms with Crippen LogP contribution in [0.1, 0.15) is 41.0 Å². The zero-order valence-electron chi connectivity index (χ0n) is 11.9. The molecule has 0 aliphatic carbocycles. The van der Waals surface area contributed by atoms with E-state index in [1.807, 2.05) is 20.8 Å². The molecule has 0 saturated carbocycles. The maximum absolute atomic E-state index is 11.8. The van der Waals surface area contributed by atoms with Crippen LogP contribution in [0.4, 0.5) is 0 Å². The summed E-state index contributed by atoms with van der Waals surface area (Å²) in [5.41, 5.74) is -0.507. The van der Waals surface area contributed by atoms with Crippen molar-refractivity contribution in [2.45, 2.75) is 46.6 Å². The standard InChI is InChI=1S/C13H28N2O2/c1-6-15-13(4,5)12(16)14-8-10-17-9-7-11(2)3/h11,15H,6-10H2,1-5H3,(H,14,16). The summed E-state index contributed by atoms with van der Waals surface area (Å²) in [5, 5.41) is 6.01. The Bertz CT molecular complexity index is 215. The highest BCUT2D eigenvalue weighted by Gasteiger charge is 2.25. The van der Waals surface area contributed by atoms with Gasteiger partial charge in [0.25, 0.3) is 0 Å². The number of likely N-dealkylation sites (N-methyl/N-ethyl adjacent to an activating group) is 1. The second kappa shape index (κ2) is 8.48. The van der Waals surface area contributed by atoms with Crippen LogP contribution in [0.25, 0.3) is 0 Å². The van der Waals surface area contributed by atoms with E-state index in [9.17, 15) is 4.79 Å². The molecule has 0 aromatic rings. The first kappa shape index (κ1) is 16.4. The number of hydrogen-bond donors (Lipinski definition) is 2. The van der Waals surface area contributed by atoms with Crippen LogP contribution in [0, 0.1) is 5.92 Å². The number of rotatable bonds is 9. The average Bonchev–Trinajstić information content (AvgIpc) is 2.22. The van der Waals surface area contributed by atoms with Gasteiger partial charge in [0.2, 0.25) is 5.91 Å². The van der Waals surface area contributed by atoms with Crippen LogP contribution in [0.2, 0.25) is 0 Å². The van der Waals surface area contributed by atoms with Crippen molar-refractivity contribution in [2.75, 3.05) is 26.3 Å². The van der Waals surface area contributed by atoms with E-state index >= 15 is 0 Å². The fourth-order valence-corrected chi connectivity index (χ4v) is 1.40. The second-order valence-electron chi connectivity index (χ2n) is 5.21. The van der Waals surface area contributed by atoms with E-state index in [-0.39, 0.29) is 5.91 Å². The van der Waals surface area contributed by atoms with Crippen LogP contribution >= 0.6 is 0 Å². The lowest BCUT2D eigenvalue weighted by Crippen LogP contribution is -2.53. The SMILES string of the molecule is CCNC(C)(C)C(=O)NCCOCCC(C)C. The van der Waals surface area contributed by atoms with E-state index < -0.39 is 5.54 Å². The van der Waals surface area contributed by atoms with Crippen molar-refractivity contribution in [3.05, 3.63) is 0 Å². The van der Waals surface area contributed by atoms with Crippen LogP contribution in [0.3, 0.4) is 0 Å². The molecule has 0 aromatic heterocycles. The van der Waals surface area contributed by atoms with Gasteiger partial charge in [-0.05, 0) is 32.7 Å².